The molecule has 0 radical (unpaired) electrons. The molecule has 1 aliphatic carbocycles. The molecule has 0 unspecified atom stereocenters. The molecule has 218 valence electrons. The van der Waals surface area contributed by atoms with Crippen LogP contribution in [0.4, 0.5) is 22.9 Å². The lowest BCUT2D eigenvalue weighted by atomic mass is 9.99. The van der Waals surface area contributed by atoms with Gasteiger partial charge in [-0.2, -0.15) is 0 Å². The molecular weight excluding hydrogens is 546 g/mol. The van der Waals surface area contributed by atoms with Crippen LogP contribution in [0.3, 0.4) is 0 Å². The van der Waals surface area contributed by atoms with Crippen molar-refractivity contribution in [3.05, 3.63) is 69.5 Å². The van der Waals surface area contributed by atoms with Crippen molar-refractivity contribution < 1.29 is 9.53 Å². The summed E-state index contributed by atoms with van der Waals surface area (Å²) in [6.45, 7) is 9.43. The van der Waals surface area contributed by atoms with Gasteiger partial charge in [-0.3, -0.25) is 4.79 Å². The monoisotopic (exact) mass is 583 g/mol. The maximum atomic E-state index is 13.2. The normalized spacial score (nSPS) is 15.3. The lowest BCUT2D eigenvalue weighted by Gasteiger charge is -2.35. The van der Waals surface area contributed by atoms with E-state index in [0.717, 1.165) is 72.9 Å². The predicted molar refractivity (Wildman–Crippen MR) is 170 cm³/mol. The minimum Gasteiger partial charge on any atom is -0.478 e. The molecule has 42 heavy (non-hydrogen) atoms. The molecule has 0 atom stereocenters. The number of ether oxygens (including phenoxy) is 1. The fourth-order valence-electron chi connectivity index (χ4n) is 5.69. The van der Waals surface area contributed by atoms with E-state index >= 15 is 0 Å². The van der Waals surface area contributed by atoms with Gasteiger partial charge in [0.15, 0.2) is 0 Å². The number of pyridine rings is 1. The van der Waals surface area contributed by atoms with Crippen LogP contribution in [0.1, 0.15) is 45.4 Å². The quantitative estimate of drug-likeness (QED) is 0.263. The van der Waals surface area contributed by atoms with E-state index in [4.69, 9.17) is 4.74 Å². The number of likely N-dealkylation sites (N-methyl/N-ethyl adjacent to an activating group) is 1. The van der Waals surface area contributed by atoms with E-state index in [0.29, 0.717) is 23.1 Å². The maximum Gasteiger partial charge on any atom is 0.265 e. The molecule has 1 amide bonds. The molecule has 4 heterocycles. The first kappa shape index (κ1) is 28.1. The summed E-state index contributed by atoms with van der Waals surface area (Å²) in [6, 6.07) is 13.9. The minimum atomic E-state index is -0.0698. The molecule has 3 aromatic heterocycles. The average molecular weight is 584 g/mol. The van der Waals surface area contributed by atoms with Crippen LogP contribution < -0.4 is 20.3 Å². The van der Waals surface area contributed by atoms with Crippen molar-refractivity contribution >= 4 is 40.1 Å². The van der Waals surface area contributed by atoms with Crippen molar-refractivity contribution in [3.63, 3.8) is 0 Å². The summed E-state index contributed by atoms with van der Waals surface area (Å²) in [4.78, 5) is 24.8. The number of hydrogen-bond acceptors (Lipinski definition) is 9. The smallest absolute Gasteiger partial charge is 0.265 e. The first-order valence-electron chi connectivity index (χ1n) is 14.7. The summed E-state index contributed by atoms with van der Waals surface area (Å²) in [5, 5.41) is 15.3. The van der Waals surface area contributed by atoms with E-state index in [1.165, 1.54) is 23.3 Å². The van der Waals surface area contributed by atoms with Crippen LogP contribution in [0.5, 0.6) is 5.88 Å². The van der Waals surface area contributed by atoms with Gasteiger partial charge < -0.3 is 25.2 Å². The van der Waals surface area contributed by atoms with Gasteiger partial charge in [0, 0.05) is 42.3 Å². The number of anilines is 4. The Kier molecular flexibility index (Phi) is 8.34. The molecule has 1 fully saturated rings. The SMILES string of the molecule is CCN1CCN(c2ccc(Nc3cc(-c4cccc(NC(=O)c5cc6c(s5)CCCC6)c4C)nnc3OC)nc2)CC1. The van der Waals surface area contributed by atoms with Crippen molar-refractivity contribution in [1.82, 2.24) is 20.1 Å². The number of carbonyl (C=O) groups is 1. The van der Waals surface area contributed by atoms with Gasteiger partial charge in [-0.05, 0) is 80.6 Å². The number of aryl methyl sites for hydroxylation is 2. The summed E-state index contributed by atoms with van der Waals surface area (Å²) in [5.41, 5.74) is 6.34. The first-order valence-corrected chi connectivity index (χ1v) is 15.5. The summed E-state index contributed by atoms with van der Waals surface area (Å²) in [7, 11) is 1.57. The number of piperazine rings is 1. The molecule has 0 bridgehead atoms. The van der Waals surface area contributed by atoms with Crippen molar-refractivity contribution in [3.8, 4) is 17.1 Å². The van der Waals surface area contributed by atoms with Crippen LogP contribution in [0.15, 0.2) is 48.7 Å². The van der Waals surface area contributed by atoms with E-state index in [1.54, 1.807) is 18.4 Å². The Morgan fingerprint density at radius 3 is 2.60 bits per heavy atom. The highest BCUT2D eigenvalue weighted by atomic mass is 32.1. The second-order valence-corrected chi connectivity index (χ2v) is 11.9. The van der Waals surface area contributed by atoms with Crippen LogP contribution in [-0.2, 0) is 12.8 Å². The number of thiophene rings is 1. The Hall–Kier alpha value is -4.02. The van der Waals surface area contributed by atoms with E-state index in [2.05, 4.69) is 54.7 Å². The maximum absolute atomic E-state index is 13.2. The fourth-order valence-corrected chi connectivity index (χ4v) is 6.84. The van der Waals surface area contributed by atoms with Crippen LogP contribution in [0.2, 0.25) is 0 Å². The molecule has 0 saturated carbocycles. The van der Waals surface area contributed by atoms with Gasteiger partial charge in [-0.15, -0.1) is 21.5 Å². The standard InChI is InChI=1S/C32H37N7O2S/c1-4-38-14-16-39(17-15-38)23-12-13-30(33-20-23)34-27-19-26(36-37-32(27)41-3)24-9-7-10-25(21(24)2)35-31(40)29-18-22-8-5-6-11-28(22)42-29/h7,9-10,12-13,18-20H,4-6,8,11,14-17H2,1-3H3,(H,35,40)(H,33,34,36). The van der Waals surface area contributed by atoms with Crippen molar-refractivity contribution in [2.45, 2.75) is 39.5 Å². The van der Waals surface area contributed by atoms with Crippen molar-refractivity contribution in [2.75, 3.05) is 55.4 Å². The number of benzene rings is 1. The lowest BCUT2D eigenvalue weighted by molar-refractivity contribution is 0.103. The van der Waals surface area contributed by atoms with Crippen LogP contribution in [0.25, 0.3) is 11.3 Å². The molecule has 2 N–H and O–H groups in total. The zero-order valence-corrected chi connectivity index (χ0v) is 25.3. The van der Waals surface area contributed by atoms with Gasteiger partial charge >= 0.3 is 0 Å². The molecular formula is C32H37N7O2S. The van der Waals surface area contributed by atoms with Crippen molar-refractivity contribution in [1.29, 1.82) is 0 Å². The van der Waals surface area contributed by atoms with E-state index in [-0.39, 0.29) is 5.91 Å². The Morgan fingerprint density at radius 2 is 1.86 bits per heavy atom. The zero-order chi connectivity index (χ0) is 29.1. The van der Waals surface area contributed by atoms with Gasteiger partial charge in [-0.1, -0.05) is 19.1 Å². The van der Waals surface area contributed by atoms with Crippen LogP contribution in [-0.4, -0.2) is 65.8 Å². The first-order chi connectivity index (χ1) is 20.5. The molecule has 0 spiro atoms. The van der Waals surface area contributed by atoms with Gasteiger partial charge in [0.1, 0.15) is 11.5 Å². The van der Waals surface area contributed by atoms with Gasteiger partial charge in [0.2, 0.25) is 0 Å². The number of aromatic nitrogens is 3. The average Bonchev–Trinajstić information content (AvgIpc) is 3.47. The molecule has 4 aromatic rings. The number of nitrogens with zero attached hydrogens (tertiary/aromatic N) is 5. The Morgan fingerprint density at radius 1 is 1.02 bits per heavy atom. The van der Waals surface area contributed by atoms with E-state index in [9.17, 15) is 4.79 Å². The third kappa shape index (κ3) is 5.96. The van der Waals surface area contributed by atoms with Crippen LogP contribution >= 0.6 is 11.3 Å². The summed E-state index contributed by atoms with van der Waals surface area (Å²) < 4.78 is 5.51. The summed E-state index contributed by atoms with van der Waals surface area (Å²) >= 11 is 1.62. The highest BCUT2D eigenvalue weighted by Gasteiger charge is 2.20. The Labute approximate surface area is 250 Å². The van der Waals surface area contributed by atoms with Gasteiger partial charge in [0.05, 0.1) is 29.6 Å². The highest BCUT2D eigenvalue weighted by molar-refractivity contribution is 7.14. The third-order valence-electron chi connectivity index (χ3n) is 8.23. The largest absolute Gasteiger partial charge is 0.478 e. The predicted octanol–water partition coefficient (Wildman–Crippen LogP) is 5.93. The number of amides is 1. The van der Waals surface area contributed by atoms with Crippen molar-refractivity contribution in [2.24, 2.45) is 0 Å². The third-order valence-corrected chi connectivity index (χ3v) is 9.46. The molecule has 6 rings (SSSR count). The second kappa shape index (κ2) is 12.5. The molecule has 1 aromatic carbocycles. The molecule has 2 aliphatic rings. The number of methoxy groups -OCH3 is 1. The molecule has 9 nitrogen and oxygen atoms in total. The molecule has 1 aliphatic heterocycles. The van der Waals surface area contributed by atoms with Gasteiger partial charge in [0.25, 0.3) is 11.8 Å². The van der Waals surface area contributed by atoms with E-state index < -0.39 is 0 Å². The minimum absolute atomic E-state index is 0.0698. The van der Waals surface area contributed by atoms with E-state index in [1.807, 2.05) is 43.5 Å². The van der Waals surface area contributed by atoms with Gasteiger partial charge in [-0.25, -0.2) is 4.98 Å². The second-order valence-electron chi connectivity index (χ2n) is 10.8. The topological polar surface area (TPSA) is 95.5 Å². The number of nitrogens with one attached hydrogen (secondary N) is 2. The van der Waals surface area contributed by atoms with Crippen LogP contribution in [0, 0.1) is 6.92 Å². The lowest BCUT2D eigenvalue weighted by Crippen LogP contribution is -2.46. The number of fused-ring (bicyclic) bond motifs is 1. The molecule has 10 heteroatoms. The number of rotatable bonds is 8. The summed E-state index contributed by atoms with van der Waals surface area (Å²) in [6.07, 6.45) is 6.45. The number of carbonyl (C=O) groups excluding carboxylic acids is 1. The molecule has 1 saturated heterocycles. The zero-order valence-electron chi connectivity index (χ0n) is 24.4. The summed E-state index contributed by atoms with van der Waals surface area (Å²) in [5.74, 6) is 1.00. The fraction of sp³-hybridized carbons (Fsp3) is 0.375. The Balaban J connectivity index is 1.19. The Bertz CT molecular complexity index is 1540. The highest BCUT2D eigenvalue weighted by Crippen LogP contribution is 2.34. The number of hydrogen-bond donors (Lipinski definition) is 2.